The largest absolute Gasteiger partial charge is 0.508 e. The molecular weight excluding hydrogens is 198 g/mol. The fraction of sp³-hybridized carbons (Fsp3) is 0.571. The van der Waals surface area contributed by atoms with Gasteiger partial charge in [-0.3, -0.25) is 0 Å². The number of hydrogen-bond donors (Lipinski definition) is 2. The topological polar surface area (TPSA) is 32.3 Å². The van der Waals surface area contributed by atoms with Gasteiger partial charge in [0.05, 0.1) is 0 Å². The number of nitrogens with one attached hydrogen (secondary N) is 1. The highest BCUT2D eigenvalue weighted by atomic mass is 16.3. The van der Waals surface area contributed by atoms with Crippen molar-refractivity contribution < 1.29 is 5.11 Å². The Kier molecular flexibility index (Phi) is 3.20. The molecule has 88 valence electrons. The minimum Gasteiger partial charge on any atom is -0.508 e. The molecule has 2 nitrogen and oxygen atoms in total. The Morgan fingerprint density at radius 1 is 1.44 bits per heavy atom. The Hall–Kier alpha value is -1.02. The van der Waals surface area contributed by atoms with Crippen LogP contribution in [0, 0.1) is 5.41 Å². The van der Waals surface area contributed by atoms with E-state index in [1.54, 1.807) is 6.07 Å². The van der Waals surface area contributed by atoms with Crippen LogP contribution in [-0.2, 0) is 6.42 Å². The SMILES string of the molecule is CCNC(C)C1(Cc2cccc(O)c2)CC1. The zero-order chi connectivity index (χ0) is 11.6. The maximum absolute atomic E-state index is 9.46. The highest BCUT2D eigenvalue weighted by molar-refractivity contribution is 5.29. The quantitative estimate of drug-likeness (QED) is 0.798. The van der Waals surface area contributed by atoms with E-state index in [1.165, 1.54) is 18.4 Å². The number of benzene rings is 1. The summed E-state index contributed by atoms with van der Waals surface area (Å²) in [6, 6.07) is 8.23. The van der Waals surface area contributed by atoms with E-state index in [9.17, 15) is 5.11 Å². The summed E-state index contributed by atoms with van der Waals surface area (Å²) in [4.78, 5) is 0. The minimum absolute atomic E-state index is 0.379. The number of phenols is 1. The first-order chi connectivity index (χ1) is 7.66. The molecule has 1 aromatic carbocycles. The summed E-state index contributed by atoms with van der Waals surface area (Å²) in [5, 5.41) is 13.0. The van der Waals surface area contributed by atoms with Gasteiger partial charge in [0.1, 0.15) is 5.75 Å². The van der Waals surface area contributed by atoms with Crippen LogP contribution < -0.4 is 5.32 Å². The van der Waals surface area contributed by atoms with Crippen LogP contribution in [0.3, 0.4) is 0 Å². The molecule has 2 heteroatoms. The second kappa shape index (κ2) is 4.46. The van der Waals surface area contributed by atoms with Crippen LogP contribution in [-0.4, -0.2) is 17.7 Å². The van der Waals surface area contributed by atoms with Crippen LogP contribution >= 0.6 is 0 Å². The zero-order valence-corrected chi connectivity index (χ0v) is 10.2. The molecule has 1 atom stereocenters. The maximum atomic E-state index is 9.46. The van der Waals surface area contributed by atoms with Crippen molar-refractivity contribution in [2.24, 2.45) is 5.41 Å². The Labute approximate surface area is 97.7 Å². The fourth-order valence-electron chi connectivity index (χ4n) is 2.52. The second-order valence-electron chi connectivity index (χ2n) is 4.99. The van der Waals surface area contributed by atoms with Crippen LogP contribution in [0.25, 0.3) is 0 Å². The molecule has 0 aromatic heterocycles. The molecule has 1 aliphatic rings. The van der Waals surface area contributed by atoms with E-state index >= 15 is 0 Å². The van der Waals surface area contributed by atoms with Gasteiger partial charge in [0, 0.05) is 6.04 Å². The lowest BCUT2D eigenvalue weighted by molar-refractivity contribution is 0.355. The van der Waals surface area contributed by atoms with E-state index in [-0.39, 0.29) is 0 Å². The van der Waals surface area contributed by atoms with Gasteiger partial charge >= 0.3 is 0 Å². The Bertz CT molecular complexity index is 358. The highest BCUT2D eigenvalue weighted by Crippen LogP contribution is 2.51. The van der Waals surface area contributed by atoms with Gasteiger partial charge in [0.15, 0.2) is 0 Å². The van der Waals surface area contributed by atoms with Gasteiger partial charge < -0.3 is 10.4 Å². The number of phenolic OH excluding ortho intramolecular Hbond substituents is 1. The average Bonchev–Trinajstić information content (AvgIpc) is 2.99. The molecule has 1 aromatic rings. The molecule has 2 rings (SSSR count). The number of aromatic hydroxyl groups is 1. The summed E-state index contributed by atoms with van der Waals surface area (Å²) in [6.45, 7) is 5.46. The van der Waals surface area contributed by atoms with Crippen molar-refractivity contribution >= 4 is 0 Å². The van der Waals surface area contributed by atoms with Crippen molar-refractivity contribution in [2.75, 3.05) is 6.54 Å². The molecule has 0 aliphatic heterocycles. The second-order valence-corrected chi connectivity index (χ2v) is 4.99. The van der Waals surface area contributed by atoms with E-state index in [2.05, 4.69) is 25.2 Å². The van der Waals surface area contributed by atoms with Crippen LogP contribution in [0.4, 0.5) is 0 Å². The van der Waals surface area contributed by atoms with Crippen LogP contribution in [0.1, 0.15) is 32.3 Å². The van der Waals surface area contributed by atoms with Gasteiger partial charge in [-0.25, -0.2) is 0 Å². The third kappa shape index (κ3) is 2.38. The molecule has 0 saturated heterocycles. The monoisotopic (exact) mass is 219 g/mol. The normalized spacial score (nSPS) is 19.4. The van der Waals surface area contributed by atoms with Crippen molar-refractivity contribution in [3.05, 3.63) is 29.8 Å². The molecular formula is C14H21NO. The summed E-state index contributed by atoms with van der Waals surface area (Å²) in [7, 11) is 0. The van der Waals surface area contributed by atoms with Gasteiger partial charge in [0.2, 0.25) is 0 Å². The van der Waals surface area contributed by atoms with Gasteiger partial charge in [-0.1, -0.05) is 19.1 Å². The Balaban J connectivity index is 2.04. The molecule has 2 N–H and O–H groups in total. The fourth-order valence-corrected chi connectivity index (χ4v) is 2.52. The molecule has 1 unspecified atom stereocenters. The van der Waals surface area contributed by atoms with Crippen LogP contribution in [0.2, 0.25) is 0 Å². The Morgan fingerprint density at radius 2 is 2.19 bits per heavy atom. The molecule has 16 heavy (non-hydrogen) atoms. The summed E-state index contributed by atoms with van der Waals surface area (Å²) in [6.07, 6.45) is 3.68. The molecule has 1 saturated carbocycles. The smallest absolute Gasteiger partial charge is 0.115 e. The molecule has 0 spiro atoms. The lowest BCUT2D eigenvalue weighted by Crippen LogP contribution is -2.35. The molecule has 0 bridgehead atoms. The summed E-state index contributed by atoms with van der Waals surface area (Å²) < 4.78 is 0. The van der Waals surface area contributed by atoms with Crippen molar-refractivity contribution in [3.63, 3.8) is 0 Å². The summed E-state index contributed by atoms with van der Waals surface area (Å²) in [5.74, 6) is 0.379. The molecule has 0 radical (unpaired) electrons. The average molecular weight is 219 g/mol. The summed E-state index contributed by atoms with van der Waals surface area (Å²) in [5.41, 5.74) is 1.69. The van der Waals surface area contributed by atoms with Crippen molar-refractivity contribution in [1.82, 2.24) is 5.32 Å². The molecule has 0 amide bonds. The zero-order valence-electron chi connectivity index (χ0n) is 10.2. The minimum atomic E-state index is 0.379. The first kappa shape index (κ1) is 11.5. The van der Waals surface area contributed by atoms with E-state index < -0.39 is 0 Å². The van der Waals surface area contributed by atoms with E-state index in [0.29, 0.717) is 17.2 Å². The molecule has 1 fully saturated rings. The van der Waals surface area contributed by atoms with E-state index in [4.69, 9.17) is 0 Å². The molecule has 1 aliphatic carbocycles. The lowest BCUT2D eigenvalue weighted by Gasteiger charge is -2.24. The first-order valence-corrected chi connectivity index (χ1v) is 6.17. The van der Waals surface area contributed by atoms with Crippen molar-refractivity contribution in [2.45, 2.75) is 39.2 Å². The summed E-state index contributed by atoms with van der Waals surface area (Å²) >= 11 is 0. The predicted octanol–water partition coefficient (Wildman–Crippen LogP) is 2.71. The Morgan fingerprint density at radius 3 is 2.75 bits per heavy atom. The van der Waals surface area contributed by atoms with E-state index in [0.717, 1.165) is 13.0 Å². The van der Waals surface area contributed by atoms with Gasteiger partial charge in [-0.2, -0.15) is 0 Å². The van der Waals surface area contributed by atoms with Gasteiger partial charge in [0.25, 0.3) is 0 Å². The number of hydrogen-bond acceptors (Lipinski definition) is 2. The highest BCUT2D eigenvalue weighted by Gasteiger charge is 2.46. The number of rotatable bonds is 5. The van der Waals surface area contributed by atoms with Crippen LogP contribution in [0.5, 0.6) is 5.75 Å². The first-order valence-electron chi connectivity index (χ1n) is 6.17. The van der Waals surface area contributed by atoms with Crippen molar-refractivity contribution in [1.29, 1.82) is 0 Å². The predicted molar refractivity (Wildman–Crippen MR) is 66.6 cm³/mol. The van der Waals surface area contributed by atoms with Crippen molar-refractivity contribution in [3.8, 4) is 5.75 Å². The maximum Gasteiger partial charge on any atom is 0.115 e. The van der Waals surface area contributed by atoms with E-state index in [1.807, 2.05) is 12.1 Å². The van der Waals surface area contributed by atoms with Crippen LogP contribution in [0.15, 0.2) is 24.3 Å². The standard InChI is InChI=1S/C14H21NO/c1-3-15-11(2)14(7-8-14)10-12-5-4-6-13(16)9-12/h4-6,9,11,15-16H,3,7-8,10H2,1-2H3. The van der Waals surface area contributed by atoms with Gasteiger partial charge in [-0.05, 0) is 55.8 Å². The third-order valence-corrected chi connectivity index (χ3v) is 3.79. The molecule has 0 heterocycles. The van der Waals surface area contributed by atoms with Gasteiger partial charge in [-0.15, -0.1) is 0 Å². The third-order valence-electron chi connectivity index (χ3n) is 3.79. The lowest BCUT2D eigenvalue weighted by atomic mass is 9.90.